The van der Waals surface area contributed by atoms with Crippen molar-refractivity contribution in [2.24, 2.45) is 5.92 Å². The predicted molar refractivity (Wildman–Crippen MR) is 97.9 cm³/mol. The predicted octanol–water partition coefficient (Wildman–Crippen LogP) is -1.66. The first-order valence-corrected chi connectivity index (χ1v) is 9.90. The second kappa shape index (κ2) is 11.0. The smallest absolute Gasteiger partial charge is 0.548 e. The van der Waals surface area contributed by atoms with Gasteiger partial charge in [0.05, 0.1) is 12.0 Å². The van der Waals surface area contributed by atoms with E-state index in [9.17, 15) is 19.5 Å². The summed E-state index contributed by atoms with van der Waals surface area (Å²) < 4.78 is 5.34. The molecule has 2 aliphatic rings. The Labute approximate surface area is 179 Å². The summed E-state index contributed by atoms with van der Waals surface area (Å²) in [6.45, 7) is 6.83. The number of nitrogens with zero attached hydrogens (tertiary/aromatic N) is 2. The third-order valence-electron chi connectivity index (χ3n) is 5.09. The second-order valence-electron chi connectivity index (χ2n) is 8.52. The van der Waals surface area contributed by atoms with Gasteiger partial charge in [0, 0.05) is 26.2 Å². The number of carboxylic acids is 1. The van der Waals surface area contributed by atoms with Gasteiger partial charge in [0.15, 0.2) is 0 Å². The molecule has 8 nitrogen and oxygen atoms in total. The van der Waals surface area contributed by atoms with Crippen molar-refractivity contribution >= 4 is 18.1 Å². The number of hydrogen-bond donors (Lipinski definition) is 1. The van der Waals surface area contributed by atoms with Crippen molar-refractivity contribution in [3.05, 3.63) is 0 Å². The first-order chi connectivity index (χ1) is 12.7. The number of nitrogens with one attached hydrogen (secondary N) is 1. The van der Waals surface area contributed by atoms with Crippen molar-refractivity contribution in [3.63, 3.8) is 0 Å². The molecule has 2 fully saturated rings. The largest absolute Gasteiger partial charge is 1.00 e. The molecule has 0 radical (unpaired) electrons. The van der Waals surface area contributed by atoms with E-state index in [1.54, 1.807) is 25.7 Å². The summed E-state index contributed by atoms with van der Waals surface area (Å²) in [6, 6.07) is -1.38. The molecule has 2 rings (SSSR count). The number of rotatable bonds is 4. The quantitative estimate of drug-likeness (QED) is 0.580. The van der Waals surface area contributed by atoms with Crippen LogP contribution in [-0.4, -0.2) is 65.7 Å². The van der Waals surface area contributed by atoms with E-state index in [0.29, 0.717) is 38.5 Å². The maximum Gasteiger partial charge on any atom is 1.00 e. The minimum Gasteiger partial charge on any atom is -0.548 e. The fourth-order valence-electron chi connectivity index (χ4n) is 3.63. The third-order valence-corrected chi connectivity index (χ3v) is 5.09. The minimum atomic E-state index is -1.23. The molecule has 9 heteroatoms. The van der Waals surface area contributed by atoms with Crippen molar-refractivity contribution in [1.82, 2.24) is 15.1 Å². The molecule has 1 heterocycles. The first-order valence-electron chi connectivity index (χ1n) is 9.90. The topological polar surface area (TPSA) is 102 Å². The molecule has 3 amide bonds. The van der Waals surface area contributed by atoms with Crippen LogP contribution in [0.15, 0.2) is 0 Å². The van der Waals surface area contributed by atoms with Gasteiger partial charge < -0.3 is 29.8 Å². The zero-order valence-electron chi connectivity index (χ0n) is 17.7. The number of amides is 3. The van der Waals surface area contributed by atoms with Gasteiger partial charge in [0.2, 0.25) is 0 Å². The van der Waals surface area contributed by atoms with Crippen LogP contribution in [0.2, 0.25) is 0 Å². The van der Waals surface area contributed by atoms with E-state index < -0.39 is 29.7 Å². The van der Waals surface area contributed by atoms with E-state index in [2.05, 4.69) is 5.32 Å². The van der Waals surface area contributed by atoms with Gasteiger partial charge in [-0.05, 0) is 33.1 Å². The normalized spacial score (nSPS) is 19.4. The zero-order valence-corrected chi connectivity index (χ0v) is 17.7. The number of carbonyl (C=O) groups is 3. The van der Waals surface area contributed by atoms with Crippen LogP contribution >= 0.6 is 0 Å². The Kier molecular flexibility index (Phi) is 9.65. The molecule has 0 unspecified atom stereocenters. The van der Waals surface area contributed by atoms with E-state index in [1.165, 1.54) is 11.3 Å². The Morgan fingerprint density at radius 3 is 2.07 bits per heavy atom. The number of ether oxygens (including phenoxy) is 1. The average Bonchev–Trinajstić information content (AvgIpc) is 2.60. The zero-order chi connectivity index (χ0) is 20.0. The summed E-state index contributed by atoms with van der Waals surface area (Å²) >= 11 is 0. The van der Waals surface area contributed by atoms with Gasteiger partial charge in [-0.2, -0.15) is 0 Å². The first kappa shape index (κ1) is 24.6. The molecule has 1 atom stereocenters. The molecule has 0 spiro atoms. The van der Waals surface area contributed by atoms with E-state index in [1.807, 2.05) is 0 Å². The fourth-order valence-corrected chi connectivity index (χ4v) is 3.63. The fraction of sp³-hybridized carbons (Fsp3) is 0.842. The van der Waals surface area contributed by atoms with Crippen LogP contribution in [0.5, 0.6) is 0 Å². The van der Waals surface area contributed by atoms with Crippen molar-refractivity contribution in [2.45, 2.75) is 70.9 Å². The van der Waals surface area contributed by atoms with E-state index in [4.69, 9.17) is 4.74 Å². The monoisotopic (exact) mass is 389 g/mol. The van der Waals surface area contributed by atoms with Gasteiger partial charge >= 0.3 is 31.0 Å². The van der Waals surface area contributed by atoms with Crippen LogP contribution < -0.4 is 29.3 Å². The number of piperazine rings is 1. The molecule has 28 heavy (non-hydrogen) atoms. The van der Waals surface area contributed by atoms with Crippen molar-refractivity contribution in [2.75, 3.05) is 26.2 Å². The SMILES string of the molecule is CC(C)(C)OC(=O)N1CCN(C(=O)N[C@@H](CC2CCCCC2)C(=O)[O-])CC1.[Li+]. The third kappa shape index (κ3) is 7.92. The Balaban J connectivity index is 0.00000392. The summed E-state index contributed by atoms with van der Waals surface area (Å²) in [6.07, 6.45) is 5.47. The summed E-state index contributed by atoms with van der Waals surface area (Å²) in [7, 11) is 0. The van der Waals surface area contributed by atoms with Crippen LogP contribution in [0.4, 0.5) is 9.59 Å². The van der Waals surface area contributed by atoms with E-state index in [0.717, 1.165) is 25.7 Å². The number of carbonyl (C=O) groups excluding carboxylic acids is 3. The van der Waals surface area contributed by atoms with Crippen molar-refractivity contribution in [3.8, 4) is 0 Å². The summed E-state index contributed by atoms with van der Waals surface area (Å²) in [5, 5.41) is 14.1. The second-order valence-corrected chi connectivity index (χ2v) is 8.52. The molecule has 0 bridgehead atoms. The van der Waals surface area contributed by atoms with Gasteiger partial charge in [-0.15, -0.1) is 0 Å². The average molecular weight is 389 g/mol. The van der Waals surface area contributed by atoms with Gasteiger partial charge in [0.25, 0.3) is 0 Å². The molecular weight excluding hydrogens is 357 g/mol. The van der Waals surface area contributed by atoms with Crippen molar-refractivity contribution in [1.29, 1.82) is 0 Å². The van der Waals surface area contributed by atoms with Crippen LogP contribution in [0, 0.1) is 5.92 Å². The van der Waals surface area contributed by atoms with Gasteiger partial charge in [-0.3, -0.25) is 0 Å². The summed E-state index contributed by atoms with van der Waals surface area (Å²) in [5.41, 5.74) is -0.563. The van der Waals surface area contributed by atoms with E-state index >= 15 is 0 Å². The van der Waals surface area contributed by atoms with Gasteiger partial charge in [-0.1, -0.05) is 32.1 Å². The molecule has 1 N–H and O–H groups in total. The Hall–Kier alpha value is -1.39. The number of urea groups is 1. The molecule has 1 saturated carbocycles. The molecule has 0 aromatic heterocycles. The Bertz CT molecular complexity index is 538. The van der Waals surface area contributed by atoms with Crippen LogP contribution in [0.3, 0.4) is 0 Å². The number of carboxylic acid groups (broad SMARTS) is 1. The molecule has 1 saturated heterocycles. The minimum absolute atomic E-state index is 0. The molecule has 0 aromatic rings. The molecule has 1 aliphatic heterocycles. The van der Waals surface area contributed by atoms with Crippen molar-refractivity contribution < 1.29 is 43.1 Å². The molecule has 154 valence electrons. The Morgan fingerprint density at radius 1 is 1.04 bits per heavy atom. The maximum absolute atomic E-state index is 12.4. The number of aliphatic carboxylic acids is 1. The maximum atomic E-state index is 12.4. The Morgan fingerprint density at radius 2 is 1.57 bits per heavy atom. The van der Waals surface area contributed by atoms with Gasteiger partial charge in [-0.25, -0.2) is 9.59 Å². The van der Waals surface area contributed by atoms with Crippen LogP contribution in [0.1, 0.15) is 59.3 Å². The summed E-state index contributed by atoms with van der Waals surface area (Å²) in [5.74, 6) is -0.910. The van der Waals surface area contributed by atoms with Crippen LogP contribution in [-0.2, 0) is 9.53 Å². The summed E-state index contributed by atoms with van der Waals surface area (Å²) in [4.78, 5) is 39.1. The van der Waals surface area contributed by atoms with E-state index in [-0.39, 0.29) is 18.9 Å². The van der Waals surface area contributed by atoms with Gasteiger partial charge in [0.1, 0.15) is 5.60 Å². The molecular formula is C19H32LiN3O5. The molecule has 1 aliphatic carbocycles. The number of hydrogen-bond acceptors (Lipinski definition) is 5. The molecule has 0 aromatic carbocycles. The standard InChI is InChI=1S/C19H33N3O5.Li/c1-19(2,3)27-18(26)22-11-9-21(10-12-22)17(25)20-15(16(23)24)13-14-7-5-4-6-8-14;/h14-15H,4-13H2,1-3H3,(H,20,25)(H,23,24);/q;+1/p-1/t15-;/m0./s1. The van der Waals surface area contributed by atoms with Crippen LogP contribution in [0.25, 0.3) is 0 Å².